The lowest BCUT2D eigenvalue weighted by atomic mass is 9.83. The summed E-state index contributed by atoms with van der Waals surface area (Å²) in [6.07, 6.45) is 7.28. The van der Waals surface area contributed by atoms with Crippen molar-refractivity contribution in [3.63, 3.8) is 0 Å². The van der Waals surface area contributed by atoms with Crippen LogP contribution in [0.15, 0.2) is 24.3 Å². The summed E-state index contributed by atoms with van der Waals surface area (Å²) in [5.74, 6) is 1.02. The van der Waals surface area contributed by atoms with Gasteiger partial charge in [0, 0.05) is 12.5 Å². The van der Waals surface area contributed by atoms with Crippen molar-refractivity contribution in [3.05, 3.63) is 35.4 Å². The topological polar surface area (TPSA) is 38.8 Å². The third-order valence-electron chi connectivity index (χ3n) is 5.30. The second kappa shape index (κ2) is 6.08. The monoisotopic (exact) mass is 341 g/mol. The van der Waals surface area contributed by atoms with E-state index in [4.69, 9.17) is 9.47 Å². The van der Waals surface area contributed by atoms with Crippen LogP contribution in [0.2, 0.25) is 0 Å². The average Bonchev–Trinajstić information content (AvgIpc) is 2.99. The number of carbonyl (C=O) groups excluding carboxylic acids is 1. The van der Waals surface area contributed by atoms with Crippen LogP contribution in [0.25, 0.3) is 5.57 Å². The summed E-state index contributed by atoms with van der Waals surface area (Å²) in [7, 11) is 0. The minimum absolute atomic E-state index is 0.154. The molecule has 2 atom stereocenters. The number of amides is 1. The molecule has 0 aromatic heterocycles. The maximum Gasteiger partial charge on any atom is 0.411 e. The van der Waals surface area contributed by atoms with Gasteiger partial charge in [-0.1, -0.05) is 12.1 Å². The highest BCUT2D eigenvalue weighted by Crippen LogP contribution is 2.39. The van der Waals surface area contributed by atoms with Crippen molar-refractivity contribution in [1.29, 1.82) is 0 Å². The molecule has 0 spiro atoms. The second-order valence-electron chi connectivity index (χ2n) is 8.36. The van der Waals surface area contributed by atoms with Crippen LogP contribution in [0.4, 0.5) is 4.79 Å². The van der Waals surface area contributed by atoms with E-state index in [2.05, 4.69) is 24.3 Å². The highest BCUT2D eigenvalue weighted by Gasteiger charge is 2.39. The summed E-state index contributed by atoms with van der Waals surface area (Å²) >= 11 is 0. The molecule has 3 aliphatic heterocycles. The Hall–Kier alpha value is -1.97. The molecule has 2 unspecified atom stereocenters. The molecule has 4 rings (SSSR count). The summed E-state index contributed by atoms with van der Waals surface area (Å²) in [5.41, 5.74) is 3.50. The minimum atomic E-state index is -0.449. The van der Waals surface area contributed by atoms with E-state index in [0.717, 1.165) is 38.0 Å². The summed E-state index contributed by atoms with van der Waals surface area (Å²) in [4.78, 5) is 14.7. The quantitative estimate of drug-likeness (QED) is 0.751. The first-order valence-corrected chi connectivity index (χ1v) is 9.39. The zero-order chi connectivity index (χ0) is 17.6. The number of rotatable bonds is 1. The molecule has 4 nitrogen and oxygen atoms in total. The van der Waals surface area contributed by atoms with Crippen molar-refractivity contribution in [2.75, 3.05) is 6.61 Å². The molecule has 1 fully saturated rings. The second-order valence-corrected chi connectivity index (χ2v) is 8.36. The molecular formula is C21H27NO3. The van der Waals surface area contributed by atoms with Crippen LogP contribution in [0.5, 0.6) is 5.75 Å². The number of carbonyl (C=O) groups is 1. The summed E-state index contributed by atoms with van der Waals surface area (Å²) in [5, 5.41) is 0. The molecule has 134 valence electrons. The first kappa shape index (κ1) is 16.5. The van der Waals surface area contributed by atoms with Gasteiger partial charge in [-0.05, 0) is 75.3 Å². The zero-order valence-corrected chi connectivity index (χ0v) is 15.4. The largest absolute Gasteiger partial charge is 0.493 e. The van der Waals surface area contributed by atoms with Crippen molar-refractivity contribution in [3.8, 4) is 5.75 Å². The first-order valence-electron chi connectivity index (χ1n) is 9.39. The van der Waals surface area contributed by atoms with Crippen LogP contribution in [0, 0.1) is 0 Å². The van der Waals surface area contributed by atoms with Crippen molar-refractivity contribution >= 4 is 11.7 Å². The Morgan fingerprint density at radius 2 is 2.12 bits per heavy atom. The number of fused-ring (bicyclic) bond motifs is 3. The molecule has 0 N–H and O–H groups in total. The van der Waals surface area contributed by atoms with Gasteiger partial charge in [-0.3, -0.25) is 4.90 Å². The molecular weight excluding hydrogens is 314 g/mol. The molecule has 1 aromatic carbocycles. The van der Waals surface area contributed by atoms with Gasteiger partial charge in [0.05, 0.1) is 12.6 Å². The molecule has 1 saturated heterocycles. The highest BCUT2D eigenvalue weighted by atomic mass is 16.6. The highest BCUT2D eigenvalue weighted by molar-refractivity contribution is 5.75. The van der Waals surface area contributed by atoms with Crippen molar-refractivity contribution in [1.82, 2.24) is 4.90 Å². The van der Waals surface area contributed by atoms with Gasteiger partial charge < -0.3 is 9.47 Å². The number of hydrogen-bond donors (Lipinski definition) is 0. The molecule has 2 bridgehead atoms. The minimum Gasteiger partial charge on any atom is -0.493 e. The fourth-order valence-electron chi connectivity index (χ4n) is 4.23. The van der Waals surface area contributed by atoms with Gasteiger partial charge in [0.1, 0.15) is 11.4 Å². The lowest BCUT2D eigenvalue weighted by Crippen LogP contribution is -2.53. The molecule has 3 heterocycles. The lowest BCUT2D eigenvalue weighted by molar-refractivity contribution is 0.0000853. The van der Waals surface area contributed by atoms with Crippen LogP contribution in [0.3, 0.4) is 0 Å². The number of benzene rings is 1. The smallest absolute Gasteiger partial charge is 0.411 e. The fraction of sp³-hybridized carbons (Fsp3) is 0.571. The molecule has 0 radical (unpaired) electrons. The number of piperidine rings is 1. The third kappa shape index (κ3) is 3.26. The van der Waals surface area contributed by atoms with Crippen LogP contribution in [-0.2, 0) is 11.2 Å². The number of nitrogens with zero attached hydrogens (tertiary/aromatic N) is 1. The molecule has 1 aromatic rings. The van der Waals surface area contributed by atoms with E-state index in [1.807, 2.05) is 25.7 Å². The van der Waals surface area contributed by atoms with E-state index in [1.54, 1.807) is 0 Å². The van der Waals surface area contributed by atoms with E-state index in [9.17, 15) is 4.79 Å². The first-order chi connectivity index (χ1) is 11.9. The van der Waals surface area contributed by atoms with Gasteiger partial charge >= 0.3 is 6.09 Å². The van der Waals surface area contributed by atoms with Crippen molar-refractivity contribution in [2.45, 2.75) is 70.6 Å². The van der Waals surface area contributed by atoms with E-state index in [0.29, 0.717) is 0 Å². The standard InChI is InChI=1S/C21H27NO3/c1-21(2,3)25-20(23)22-17-5-4-6-18(22)13-16(12-17)14-7-8-19-15(11-14)9-10-24-19/h7-8,11-12,17-18H,4-6,9-10,13H2,1-3H3. The van der Waals surface area contributed by atoms with Crippen molar-refractivity contribution < 1.29 is 14.3 Å². The molecule has 1 amide bonds. The SMILES string of the molecule is CC(C)(C)OC(=O)N1C2C=C(c3ccc4c(c3)CCO4)CC1CCC2. The Morgan fingerprint density at radius 3 is 2.88 bits per heavy atom. The molecule has 0 saturated carbocycles. The maximum atomic E-state index is 12.7. The summed E-state index contributed by atoms with van der Waals surface area (Å²) < 4.78 is 11.3. The van der Waals surface area contributed by atoms with Gasteiger partial charge in [-0.25, -0.2) is 4.79 Å². The van der Waals surface area contributed by atoms with Crippen LogP contribution in [0.1, 0.15) is 57.6 Å². The predicted molar refractivity (Wildman–Crippen MR) is 97.7 cm³/mol. The van der Waals surface area contributed by atoms with E-state index >= 15 is 0 Å². The molecule has 4 heteroatoms. The van der Waals surface area contributed by atoms with Gasteiger partial charge in [-0.15, -0.1) is 0 Å². The number of hydrogen-bond acceptors (Lipinski definition) is 3. The lowest BCUT2D eigenvalue weighted by Gasteiger charge is -2.45. The van der Waals surface area contributed by atoms with Gasteiger partial charge in [-0.2, -0.15) is 0 Å². The Labute approximate surface area is 149 Å². The van der Waals surface area contributed by atoms with E-state index in [-0.39, 0.29) is 18.2 Å². The Balaban J connectivity index is 1.60. The summed E-state index contributed by atoms with van der Waals surface area (Å²) in [6.45, 7) is 6.57. The Kier molecular flexibility index (Phi) is 4.01. The van der Waals surface area contributed by atoms with Gasteiger partial charge in [0.15, 0.2) is 0 Å². The molecule has 0 aliphatic carbocycles. The van der Waals surface area contributed by atoms with Crippen LogP contribution >= 0.6 is 0 Å². The van der Waals surface area contributed by atoms with E-state index in [1.165, 1.54) is 23.1 Å². The fourth-order valence-corrected chi connectivity index (χ4v) is 4.23. The van der Waals surface area contributed by atoms with Crippen LogP contribution < -0.4 is 4.74 Å². The third-order valence-corrected chi connectivity index (χ3v) is 5.30. The Bertz CT molecular complexity index is 716. The summed E-state index contributed by atoms with van der Waals surface area (Å²) in [6, 6.07) is 6.93. The Morgan fingerprint density at radius 1 is 1.28 bits per heavy atom. The van der Waals surface area contributed by atoms with Gasteiger partial charge in [0.2, 0.25) is 0 Å². The predicted octanol–water partition coefficient (Wildman–Crippen LogP) is 4.57. The zero-order valence-electron chi connectivity index (χ0n) is 15.4. The van der Waals surface area contributed by atoms with E-state index < -0.39 is 5.60 Å². The maximum absolute atomic E-state index is 12.7. The van der Waals surface area contributed by atoms with Gasteiger partial charge in [0.25, 0.3) is 0 Å². The number of ether oxygens (including phenoxy) is 2. The average molecular weight is 341 g/mol. The van der Waals surface area contributed by atoms with Crippen molar-refractivity contribution in [2.24, 2.45) is 0 Å². The normalized spacial score (nSPS) is 25.1. The molecule has 3 aliphatic rings. The molecule has 25 heavy (non-hydrogen) atoms. The van der Waals surface area contributed by atoms with Crippen LogP contribution in [-0.4, -0.2) is 35.3 Å².